The van der Waals surface area contributed by atoms with Crippen molar-refractivity contribution in [3.63, 3.8) is 0 Å². The molecule has 1 aliphatic carbocycles. The number of H-pyrrole nitrogens is 1. The largest absolute Gasteiger partial charge is 0.490 e. The van der Waals surface area contributed by atoms with E-state index in [2.05, 4.69) is 51.7 Å². The molecular weight excluding hydrogens is 927 g/mol. The number of allylic oxidation sites excluding steroid dienone is 2. The van der Waals surface area contributed by atoms with Crippen LogP contribution in [0, 0.1) is 13.8 Å². The number of aromatic nitrogens is 12. The fourth-order valence-electron chi connectivity index (χ4n) is 9.82. The summed E-state index contributed by atoms with van der Waals surface area (Å²) in [6, 6.07) is 9.55. The van der Waals surface area contributed by atoms with Gasteiger partial charge in [0.2, 0.25) is 17.8 Å². The summed E-state index contributed by atoms with van der Waals surface area (Å²) in [4.78, 5) is 67.3. The number of anilines is 2. The summed E-state index contributed by atoms with van der Waals surface area (Å²) in [5.74, 6) is 0.202. The first kappa shape index (κ1) is 47.7. The van der Waals surface area contributed by atoms with Crippen molar-refractivity contribution in [3.05, 3.63) is 88.3 Å². The molecule has 7 aromatic rings. The number of tetrazole rings is 1. The zero-order valence-corrected chi connectivity index (χ0v) is 40.6. The lowest BCUT2D eigenvalue weighted by atomic mass is 9.85. The first-order valence-electron chi connectivity index (χ1n) is 24.3. The highest BCUT2D eigenvalue weighted by molar-refractivity contribution is 6.05. The summed E-state index contributed by atoms with van der Waals surface area (Å²) in [5, 5.41) is 32.7. The summed E-state index contributed by atoms with van der Waals surface area (Å²) < 4.78 is 26.3. The number of morpholine rings is 1. The number of ether oxygens (including phenoxy) is 3. The van der Waals surface area contributed by atoms with Gasteiger partial charge in [-0.15, -0.1) is 5.10 Å². The second kappa shape index (κ2) is 20.4. The van der Waals surface area contributed by atoms with Crippen LogP contribution in [0.25, 0.3) is 22.1 Å². The molecule has 376 valence electrons. The maximum Gasteiger partial charge on any atom is 0.276 e. The van der Waals surface area contributed by atoms with Crippen LogP contribution in [0.2, 0.25) is 0 Å². The van der Waals surface area contributed by atoms with Gasteiger partial charge in [0.05, 0.1) is 41.7 Å². The Bertz CT molecular complexity index is 3190. The van der Waals surface area contributed by atoms with Crippen LogP contribution in [-0.4, -0.2) is 139 Å². The molecule has 4 amide bonds. The molecule has 24 nitrogen and oxygen atoms in total. The molecule has 5 aromatic heterocycles. The van der Waals surface area contributed by atoms with E-state index in [1.54, 1.807) is 50.3 Å². The van der Waals surface area contributed by atoms with Gasteiger partial charge in [0, 0.05) is 62.4 Å². The van der Waals surface area contributed by atoms with Crippen LogP contribution in [0.4, 0.5) is 11.9 Å². The summed E-state index contributed by atoms with van der Waals surface area (Å²) in [6.45, 7) is 11.0. The average molecular weight is 984 g/mol. The lowest BCUT2D eigenvalue weighted by molar-refractivity contribution is -0.00548. The fraction of sp³-hybridized carbons (Fsp3) is 0.438. The number of benzene rings is 2. The van der Waals surface area contributed by atoms with Gasteiger partial charge in [0.1, 0.15) is 47.1 Å². The third kappa shape index (κ3) is 9.73. The van der Waals surface area contributed by atoms with Crippen LogP contribution in [0.1, 0.15) is 104 Å². The Balaban J connectivity index is 1.06. The van der Waals surface area contributed by atoms with E-state index in [-0.39, 0.29) is 61.6 Å². The highest BCUT2D eigenvalue weighted by Crippen LogP contribution is 2.35. The van der Waals surface area contributed by atoms with E-state index in [1.165, 1.54) is 0 Å². The van der Waals surface area contributed by atoms with Gasteiger partial charge in [-0.1, -0.05) is 12.2 Å². The molecule has 6 N–H and O–H groups in total. The molecule has 24 heteroatoms. The molecule has 0 radical (unpaired) electrons. The molecule has 1 atom stereocenters. The Hall–Kier alpha value is -7.99. The number of amides is 4. The maximum absolute atomic E-state index is 14.3. The standard InChI is InChI=1S/C48H57N17O7/c1-5-64-36(19-27(3)57-64)45(68)53-47-51-34-21-30(42(49)66)23-38-40(34)62(47)13-7-8-14-63-41-35(52-48(63)54-46(69)37-20-28(4)58-65(37)6-2)22-31(24-39(41)72-26-33(25-71-38)61-15-17-70-18-16-61)44(67)50-32-11-9-29(10-12-32)43-55-59-60-56-43/h7-8,19-24,29,32-33H,5-6,9-18,25-26H2,1-4H3,(H2,49,66)(H,50,67)(H,51,53,68)(H,52,54,69)(H,55,56,59,60)/b8-7+/t29-,32-,33?. The van der Waals surface area contributed by atoms with Gasteiger partial charge in [-0.25, -0.2) is 15.1 Å². The molecule has 2 fully saturated rings. The minimum absolute atomic E-state index is 0.0796. The zero-order chi connectivity index (χ0) is 50.0. The molecule has 1 saturated carbocycles. The molecule has 2 aromatic carbocycles. The zero-order valence-electron chi connectivity index (χ0n) is 40.6. The van der Waals surface area contributed by atoms with E-state index >= 15 is 0 Å². The van der Waals surface area contributed by atoms with Gasteiger partial charge < -0.3 is 34.4 Å². The first-order valence-corrected chi connectivity index (χ1v) is 24.3. The molecule has 0 spiro atoms. The summed E-state index contributed by atoms with van der Waals surface area (Å²) in [6.07, 6.45) is 6.87. The molecule has 7 heterocycles. The second-order valence-electron chi connectivity index (χ2n) is 18.2. The number of nitrogens with zero attached hydrogens (tertiary/aromatic N) is 12. The summed E-state index contributed by atoms with van der Waals surface area (Å²) in [5.41, 5.74) is 10.3. The van der Waals surface area contributed by atoms with E-state index in [4.69, 9.17) is 29.9 Å². The average Bonchev–Trinajstić information content (AvgIpc) is 4.24. The highest BCUT2D eigenvalue weighted by atomic mass is 16.5. The summed E-state index contributed by atoms with van der Waals surface area (Å²) in [7, 11) is 0. The normalized spacial score (nSPS) is 19.2. The number of aryl methyl sites for hydroxylation is 4. The Morgan fingerprint density at radius 3 is 1.78 bits per heavy atom. The van der Waals surface area contributed by atoms with Gasteiger partial charge in [0.15, 0.2) is 5.82 Å². The topological polar surface area (TPSA) is 287 Å². The lowest BCUT2D eigenvalue weighted by Gasteiger charge is -2.34. The maximum atomic E-state index is 14.3. The van der Waals surface area contributed by atoms with Crippen molar-refractivity contribution in [2.45, 2.75) is 97.6 Å². The predicted octanol–water partition coefficient (Wildman–Crippen LogP) is 3.74. The number of nitrogens with two attached hydrogens (primary N) is 1. The van der Waals surface area contributed by atoms with E-state index in [0.29, 0.717) is 101 Å². The van der Waals surface area contributed by atoms with Gasteiger partial charge in [-0.05, 0) is 100 Å². The first-order chi connectivity index (χ1) is 34.9. The lowest BCUT2D eigenvalue weighted by Crippen LogP contribution is -2.49. The van der Waals surface area contributed by atoms with E-state index in [0.717, 1.165) is 31.5 Å². The predicted molar refractivity (Wildman–Crippen MR) is 262 cm³/mol. The van der Waals surface area contributed by atoms with Gasteiger partial charge in [0.25, 0.3) is 17.7 Å². The van der Waals surface area contributed by atoms with Crippen molar-refractivity contribution in [1.29, 1.82) is 0 Å². The number of hydrogen-bond donors (Lipinski definition) is 5. The van der Waals surface area contributed by atoms with E-state index in [1.807, 2.05) is 44.4 Å². The molecule has 1 saturated heterocycles. The molecule has 0 bridgehead atoms. The molecular formula is C48H57N17O7. The van der Waals surface area contributed by atoms with E-state index in [9.17, 15) is 19.2 Å². The van der Waals surface area contributed by atoms with Crippen LogP contribution in [-0.2, 0) is 30.9 Å². The molecule has 2 aliphatic heterocycles. The van der Waals surface area contributed by atoms with Crippen molar-refractivity contribution in [1.82, 2.24) is 69.5 Å². The second-order valence-corrected chi connectivity index (χ2v) is 18.2. The number of nitrogens with one attached hydrogen (secondary N) is 4. The van der Waals surface area contributed by atoms with Crippen LogP contribution in [0.15, 0.2) is 48.6 Å². The number of hydrogen-bond acceptors (Lipinski definition) is 15. The van der Waals surface area contributed by atoms with Crippen LogP contribution < -0.4 is 31.2 Å². The van der Waals surface area contributed by atoms with Crippen molar-refractivity contribution in [3.8, 4) is 11.5 Å². The van der Waals surface area contributed by atoms with Crippen molar-refractivity contribution >= 4 is 57.6 Å². The number of aromatic amines is 1. The quantitative estimate of drug-likeness (QED) is 0.115. The summed E-state index contributed by atoms with van der Waals surface area (Å²) >= 11 is 0. The monoisotopic (exact) mass is 983 g/mol. The smallest absolute Gasteiger partial charge is 0.276 e. The van der Waals surface area contributed by atoms with Crippen molar-refractivity contribution in [2.24, 2.45) is 5.73 Å². The van der Waals surface area contributed by atoms with Crippen LogP contribution in [0.3, 0.4) is 0 Å². The molecule has 72 heavy (non-hydrogen) atoms. The Kier molecular flexibility index (Phi) is 13.5. The fourth-order valence-corrected chi connectivity index (χ4v) is 9.82. The third-order valence-corrected chi connectivity index (χ3v) is 13.5. The van der Waals surface area contributed by atoms with E-state index < -0.39 is 23.8 Å². The van der Waals surface area contributed by atoms with Gasteiger partial charge in [-0.3, -0.25) is 44.1 Å². The number of carbonyl (C=O) groups excluding carboxylic acids is 4. The third-order valence-electron chi connectivity index (χ3n) is 13.5. The molecule has 1 unspecified atom stereocenters. The Morgan fingerprint density at radius 2 is 1.26 bits per heavy atom. The van der Waals surface area contributed by atoms with Crippen molar-refractivity contribution in [2.75, 3.05) is 50.2 Å². The van der Waals surface area contributed by atoms with Gasteiger partial charge in [-0.2, -0.15) is 10.2 Å². The number of rotatable bonds is 11. The Labute approximate surface area is 412 Å². The number of imidazole rings is 2. The van der Waals surface area contributed by atoms with Crippen molar-refractivity contribution < 1.29 is 33.4 Å². The van der Waals surface area contributed by atoms with Crippen LogP contribution >= 0.6 is 0 Å². The molecule has 3 aliphatic rings. The SMILES string of the molecule is CCn1nc(C)cc1C(=O)Nc1nc2cc(C(N)=O)cc3c2n1C/C=C/Cn1c(NC(=O)c2cc(C)nn2CC)nc2cc(C(=O)N[C@H]4CC[C@H](c5nnn[nH]5)CC4)cc(c21)OCC(N1CCOCC1)CO3. The minimum atomic E-state index is -0.680. The number of primary amides is 1. The molecule has 10 rings (SSSR count). The van der Waals surface area contributed by atoms with Crippen LogP contribution in [0.5, 0.6) is 11.5 Å². The minimum Gasteiger partial charge on any atom is -0.490 e. The highest BCUT2D eigenvalue weighted by Gasteiger charge is 2.30. The number of carbonyl (C=O) groups is 4. The Morgan fingerprint density at radius 1 is 0.722 bits per heavy atom. The van der Waals surface area contributed by atoms with Gasteiger partial charge >= 0.3 is 0 Å².